The lowest BCUT2D eigenvalue weighted by Crippen LogP contribution is -2.34. The Morgan fingerprint density at radius 1 is 1.05 bits per heavy atom. The molecule has 0 bridgehead atoms. The second-order valence-electron chi connectivity index (χ2n) is 8.45. The van der Waals surface area contributed by atoms with E-state index in [4.69, 9.17) is 4.74 Å². The van der Waals surface area contributed by atoms with E-state index in [1.165, 1.54) is 10.5 Å². The van der Waals surface area contributed by atoms with Crippen LogP contribution in [0.1, 0.15) is 11.1 Å². The number of nitrogens with one attached hydrogen (secondary N) is 1. The lowest BCUT2D eigenvalue weighted by Gasteiger charge is -2.31. The Morgan fingerprint density at radius 2 is 1.84 bits per heavy atom. The van der Waals surface area contributed by atoms with Crippen molar-refractivity contribution in [1.82, 2.24) is 9.97 Å². The average molecular weight is 533 g/mol. The van der Waals surface area contributed by atoms with E-state index in [1.807, 2.05) is 49.4 Å². The van der Waals surface area contributed by atoms with Crippen LogP contribution < -0.4 is 14.4 Å². The summed E-state index contributed by atoms with van der Waals surface area (Å²) in [6.07, 6.45) is 1.33. The van der Waals surface area contributed by atoms with Crippen LogP contribution in [0.5, 0.6) is 5.75 Å². The molecular weight excluding hydrogens is 508 g/mol. The van der Waals surface area contributed by atoms with Gasteiger partial charge in [0.1, 0.15) is 10.6 Å². The molecule has 188 valence electrons. The van der Waals surface area contributed by atoms with E-state index in [0.29, 0.717) is 33.5 Å². The van der Waals surface area contributed by atoms with Gasteiger partial charge in [-0.05, 0) is 42.8 Å². The van der Waals surface area contributed by atoms with Gasteiger partial charge in [-0.25, -0.2) is 18.4 Å². The molecule has 0 saturated heterocycles. The second kappa shape index (κ2) is 10.2. The van der Waals surface area contributed by atoms with Crippen molar-refractivity contribution in [3.63, 3.8) is 0 Å². The molecule has 0 radical (unpaired) electrons. The molecule has 1 amide bonds. The van der Waals surface area contributed by atoms with Crippen LogP contribution in [0, 0.1) is 6.92 Å². The number of ether oxygens (including phenoxy) is 1. The number of fused-ring (bicyclic) bond motifs is 3. The zero-order valence-corrected chi connectivity index (χ0v) is 21.8. The molecule has 3 aromatic carbocycles. The van der Waals surface area contributed by atoms with Crippen LogP contribution in [0.4, 0.5) is 11.4 Å². The van der Waals surface area contributed by atoms with Crippen LogP contribution in [-0.4, -0.2) is 37.2 Å². The first-order valence-corrected chi connectivity index (χ1v) is 13.9. The number of aromatic nitrogens is 2. The molecule has 0 aliphatic carbocycles. The van der Waals surface area contributed by atoms with Gasteiger partial charge in [-0.1, -0.05) is 59.8 Å². The summed E-state index contributed by atoms with van der Waals surface area (Å²) in [6, 6.07) is 22.1. The van der Waals surface area contributed by atoms with Crippen molar-refractivity contribution in [3.05, 3.63) is 90.1 Å². The van der Waals surface area contributed by atoms with Crippen molar-refractivity contribution in [1.29, 1.82) is 0 Å². The molecule has 5 rings (SSSR count). The van der Waals surface area contributed by atoms with E-state index in [-0.39, 0.29) is 23.1 Å². The number of methoxy groups -OCH3 is 1. The van der Waals surface area contributed by atoms with Gasteiger partial charge in [0.25, 0.3) is 10.0 Å². The SMILES string of the molecule is COc1ccc(NC(=O)CSc2ncc3c(n2)-c2ccccc2N(Cc2cccc(C)c2)S3(=O)=O)cc1. The highest BCUT2D eigenvalue weighted by molar-refractivity contribution is 7.99. The molecule has 1 aliphatic heterocycles. The number of aryl methyl sites for hydroxylation is 1. The third-order valence-electron chi connectivity index (χ3n) is 5.84. The lowest BCUT2D eigenvalue weighted by atomic mass is 10.1. The normalized spacial score (nSPS) is 13.4. The maximum atomic E-state index is 13.6. The van der Waals surface area contributed by atoms with Crippen LogP contribution in [0.25, 0.3) is 11.3 Å². The molecule has 0 spiro atoms. The highest BCUT2D eigenvalue weighted by Gasteiger charge is 2.36. The van der Waals surface area contributed by atoms with Gasteiger partial charge >= 0.3 is 0 Å². The third-order valence-corrected chi connectivity index (χ3v) is 8.47. The number of amides is 1. The number of hydrogen-bond donors (Lipinski definition) is 1. The molecule has 0 unspecified atom stereocenters. The third kappa shape index (κ3) is 5.16. The number of rotatable bonds is 7. The molecule has 8 nitrogen and oxygen atoms in total. The van der Waals surface area contributed by atoms with E-state index in [0.717, 1.165) is 22.9 Å². The molecule has 1 aromatic heterocycles. The monoisotopic (exact) mass is 532 g/mol. The Bertz CT molecular complexity index is 1570. The number of carbonyl (C=O) groups is 1. The number of para-hydroxylation sites is 1. The first-order chi connectivity index (χ1) is 17.8. The minimum Gasteiger partial charge on any atom is -0.497 e. The highest BCUT2D eigenvalue weighted by Crippen LogP contribution is 2.42. The zero-order valence-electron chi connectivity index (χ0n) is 20.2. The Balaban J connectivity index is 1.38. The molecule has 10 heteroatoms. The Morgan fingerprint density at radius 3 is 2.59 bits per heavy atom. The molecule has 1 aliphatic rings. The van der Waals surface area contributed by atoms with E-state index >= 15 is 0 Å². The summed E-state index contributed by atoms with van der Waals surface area (Å²) >= 11 is 1.14. The van der Waals surface area contributed by atoms with Gasteiger partial charge in [-0.2, -0.15) is 0 Å². The Hall–Kier alpha value is -3.89. The van der Waals surface area contributed by atoms with Crippen molar-refractivity contribution >= 4 is 39.1 Å². The van der Waals surface area contributed by atoms with E-state index in [1.54, 1.807) is 37.4 Å². The van der Waals surface area contributed by atoms with Gasteiger partial charge in [0, 0.05) is 11.3 Å². The van der Waals surface area contributed by atoms with Crippen molar-refractivity contribution in [2.45, 2.75) is 23.5 Å². The van der Waals surface area contributed by atoms with Crippen LogP contribution >= 0.6 is 11.8 Å². The number of nitrogens with zero attached hydrogens (tertiary/aromatic N) is 3. The minimum absolute atomic E-state index is 0.0471. The summed E-state index contributed by atoms with van der Waals surface area (Å²) in [4.78, 5) is 21.3. The molecule has 4 aromatic rings. The number of carbonyl (C=O) groups excluding carboxylic acids is 1. The van der Waals surface area contributed by atoms with E-state index in [2.05, 4.69) is 15.3 Å². The quantitative estimate of drug-likeness (QED) is 0.267. The maximum absolute atomic E-state index is 13.6. The Labute approximate surface area is 219 Å². The van der Waals surface area contributed by atoms with Gasteiger partial charge in [0.05, 0.1) is 37.0 Å². The van der Waals surface area contributed by atoms with E-state index in [9.17, 15) is 13.2 Å². The standard InChI is InChI=1S/C27H24N4O4S2/c1-18-6-5-7-19(14-18)16-31-23-9-4-3-8-22(23)26-24(37(31,33)34)15-28-27(30-26)36-17-25(32)29-20-10-12-21(35-2)13-11-20/h3-15H,16-17H2,1-2H3,(H,29,32). The average Bonchev–Trinajstić information content (AvgIpc) is 2.90. The molecule has 0 atom stereocenters. The van der Waals surface area contributed by atoms with Crippen molar-refractivity contribution in [2.75, 3.05) is 22.5 Å². The molecule has 37 heavy (non-hydrogen) atoms. The van der Waals surface area contributed by atoms with Gasteiger partial charge in [-0.15, -0.1) is 0 Å². The molecular formula is C27H24N4O4S2. The fourth-order valence-corrected chi connectivity index (χ4v) is 6.27. The van der Waals surface area contributed by atoms with Gasteiger partial charge < -0.3 is 10.1 Å². The Kier molecular flexibility index (Phi) is 6.86. The molecule has 2 heterocycles. The number of anilines is 2. The van der Waals surface area contributed by atoms with Gasteiger partial charge in [-0.3, -0.25) is 9.10 Å². The summed E-state index contributed by atoms with van der Waals surface area (Å²) in [5.74, 6) is 0.537. The number of hydrogen-bond acceptors (Lipinski definition) is 7. The predicted octanol–water partition coefficient (Wildman–Crippen LogP) is 4.90. The van der Waals surface area contributed by atoms with Crippen LogP contribution in [0.15, 0.2) is 89.0 Å². The summed E-state index contributed by atoms with van der Waals surface area (Å²) < 4.78 is 33.8. The largest absolute Gasteiger partial charge is 0.497 e. The first-order valence-electron chi connectivity index (χ1n) is 11.5. The lowest BCUT2D eigenvalue weighted by molar-refractivity contribution is -0.113. The maximum Gasteiger partial charge on any atom is 0.268 e. The fourth-order valence-electron chi connectivity index (χ4n) is 4.09. The molecule has 0 saturated carbocycles. The topological polar surface area (TPSA) is 101 Å². The number of thioether (sulfide) groups is 1. The smallest absolute Gasteiger partial charge is 0.268 e. The summed E-state index contributed by atoms with van der Waals surface area (Å²) in [6.45, 7) is 2.17. The van der Waals surface area contributed by atoms with Crippen LogP contribution in [-0.2, 0) is 21.4 Å². The number of benzene rings is 3. The van der Waals surface area contributed by atoms with Crippen LogP contribution in [0.3, 0.4) is 0 Å². The van der Waals surface area contributed by atoms with Crippen molar-refractivity contribution in [2.24, 2.45) is 0 Å². The van der Waals surface area contributed by atoms with Gasteiger partial charge in [0.2, 0.25) is 5.91 Å². The van der Waals surface area contributed by atoms with Crippen molar-refractivity contribution < 1.29 is 17.9 Å². The summed E-state index contributed by atoms with van der Waals surface area (Å²) in [5.41, 5.74) is 4.19. The first kappa shape index (κ1) is 24.8. The number of sulfonamides is 1. The van der Waals surface area contributed by atoms with E-state index < -0.39 is 10.0 Å². The second-order valence-corrected chi connectivity index (χ2v) is 11.2. The summed E-state index contributed by atoms with van der Waals surface area (Å²) in [5, 5.41) is 3.13. The summed E-state index contributed by atoms with van der Waals surface area (Å²) in [7, 11) is -2.31. The zero-order chi connectivity index (χ0) is 26.0. The highest BCUT2D eigenvalue weighted by atomic mass is 32.2. The minimum atomic E-state index is -3.89. The predicted molar refractivity (Wildman–Crippen MR) is 144 cm³/mol. The fraction of sp³-hybridized carbons (Fsp3) is 0.148. The van der Waals surface area contributed by atoms with Crippen LogP contribution in [0.2, 0.25) is 0 Å². The molecule has 0 fully saturated rings. The van der Waals surface area contributed by atoms with Crippen molar-refractivity contribution in [3.8, 4) is 17.0 Å². The van der Waals surface area contributed by atoms with Gasteiger partial charge in [0.15, 0.2) is 5.16 Å². The molecule has 1 N–H and O–H groups in total.